The summed E-state index contributed by atoms with van der Waals surface area (Å²) in [7, 11) is 0. The number of hydrogen-bond acceptors (Lipinski definition) is 1. The van der Waals surface area contributed by atoms with Gasteiger partial charge >= 0.3 is 0 Å². The van der Waals surface area contributed by atoms with Crippen molar-refractivity contribution in [2.45, 2.75) is 70.3 Å². The SMILES string of the molecule is C=C1CC[C@H]2[C@@H]3CC[C@H]4C[C@@](O)(CF)CC[C@@H]4[C@H]3CC[C@]12C. The molecule has 0 saturated heterocycles. The zero-order chi connectivity index (χ0) is 15.5. The number of hydrogen-bond donors (Lipinski definition) is 1. The van der Waals surface area contributed by atoms with Gasteiger partial charge in [-0.05, 0) is 92.8 Å². The summed E-state index contributed by atoms with van der Waals surface area (Å²) < 4.78 is 13.2. The van der Waals surface area contributed by atoms with Gasteiger partial charge in [0.2, 0.25) is 0 Å². The molecule has 2 heteroatoms. The van der Waals surface area contributed by atoms with E-state index in [1.165, 1.54) is 44.1 Å². The predicted octanol–water partition coefficient (Wildman–Crippen LogP) is 4.90. The molecule has 0 heterocycles. The maximum absolute atomic E-state index is 13.2. The summed E-state index contributed by atoms with van der Waals surface area (Å²) in [4.78, 5) is 0. The molecule has 4 saturated carbocycles. The summed E-state index contributed by atoms with van der Waals surface area (Å²) in [5.41, 5.74) is 0.912. The summed E-state index contributed by atoms with van der Waals surface area (Å²) >= 11 is 0. The van der Waals surface area contributed by atoms with Crippen molar-refractivity contribution < 1.29 is 9.50 Å². The van der Waals surface area contributed by atoms with Crippen LogP contribution in [0.3, 0.4) is 0 Å². The second kappa shape index (κ2) is 5.06. The van der Waals surface area contributed by atoms with E-state index in [9.17, 15) is 9.50 Å². The zero-order valence-electron chi connectivity index (χ0n) is 14.0. The Morgan fingerprint density at radius 1 is 1.09 bits per heavy atom. The Hall–Kier alpha value is -0.370. The van der Waals surface area contributed by atoms with Crippen LogP contribution in [0.1, 0.15) is 64.7 Å². The fourth-order valence-electron chi connectivity index (χ4n) is 6.99. The molecule has 4 aliphatic carbocycles. The van der Waals surface area contributed by atoms with Gasteiger partial charge in [0.1, 0.15) is 6.67 Å². The Morgan fingerprint density at radius 2 is 1.86 bits per heavy atom. The number of halogens is 1. The molecule has 0 aromatic rings. The molecule has 0 aromatic carbocycles. The molecule has 4 rings (SSSR count). The molecular weight excluding hydrogens is 275 g/mol. The van der Waals surface area contributed by atoms with E-state index < -0.39 is 12.3 Å². The Morgan fingerprint density at radius 3 is 2.64 bits per heavy atom. The topological polar surface area (TPSA) is 20.2 Å². The first-order valence-electron chi connectivity index (χ1n) is 9.43. The van der Waals surface area contributed by atoms with Crippen LogP contribution in [0.25, 0.3) is 0 Å². The first-order valence-corrected chi connectivity index (χ1v) is 9.43. The number of fused-ring (bicyclic) bond motifs is 5. The fraction of sp³-hybridized carbons (Fsp3) is 0.900. The first-order chi connectivity index (χ1) is 10.5. The molecular formula is C20H31FO. The third-order valence-electron chi connectivity index (χ3n) is 8.31. The molecule has 0 aliphatic heterocycles. The summed E-state index contributed by atoms with van der Waals surface area (Å²) in [6.45, 7) is 6.30. The monoisotopic (exact) mass is 306 g/mol. The number of alkyl halides is 1. The van der Waals surface area contributed by atoms with Crippen LogP contribution >= 0.6 is 0 Å². The van der Waals surface area contributed by atoms with Crippen molar-refractivity contribution in [3.05, 3.63) is 12.2 Å². The lowest BCUT2D eigenvalue weighted by Crippen LogP contribution is -2.50. The van der Waals surface area contributed by atoms with E-state index in [0.717, 1.165) is 30.1 Å². The van der Waals surface area contributed by atoms with Gasteiger partial charge in [-0.1, -0.05) is 19.1 Å². The highest BCUT2D eigenvalue weighted by Crippen LogP contribution is 2.64. The summed E-state index contributed by atoms with van der Waals surface area (Å²) in [6, 6.07) is 0. The molecule has 7 atom stereocenters. The second-order valence-corrected chi connectivity index (χ2v) is 9.13. The van der Waals surface area contributed by atoms with Crippen LogP contribution < -0.4 is 0 Å². The molecule has 4 aliphatic rings. The zero-order valence-corrected chi connectivity index (χ0v) is 14.0. The average Bonchev–Trinajstić information content (AvgIpc) is 2.82. The van der Waals surface area contributed by atoms with E-state index in [1.807, 2.05) is 0 Å². The normalized spacial score (nSPS) is 54.5. The minimum absolute atomic E-state index is 0.405. The quantitative estimate of drug-likeness (QED) is 0.683. The van der Waals surface area contributed by atoms with Gasteiger partial charge in [-0.15, -0.1) is 0 Å². The second-order valence-electron chi connectivity index (χ2n) is 9.13. The molecule has 1 nitrogen and oxygen atoms in total. The molecule has 0 unspecified atom stereocenters. The molecule has 4 fully saturated rings. The van der Waals surface area contributed by atoms with E-state index in [4.69, 9.17) is 0 Å². The van der Waals surface area contributed by atoms with Gasteiger partial charge in [0.15, 0.2) is 0 Å². The Balaban J connectivity index is 1.55. The molecule has 0 amide bonds. The van der Waals surface area contributed by atoms with Crippen LogP contribution in [0.4, 0.5) is 4.39 Å². The van der Waals surface area contributed by atoms with Crippen LogP contribution in [0.5, 0.6) is 0 Å². The smallest absolute Gasteiger partial charge is 0.118 e. The van der Waals surface area contributed by atoms with Gasteiger partial charge in [-0.25, -0.2) is 4.39 Å². The van der Waals surface area contributed by atoms with Gasteiger partial charge in [0, 0.05) is 0 Å². The van der Waals surface area contributed by atoms with E-state index in [1.54, 1.807) is 0 Å². The van der Waals surface area contributed by atoms with E-state index in [-0.39, 0.29) is 0 Å². The van der Waals surface area contributed by atoms with Crippen molar-refractivity contribution in [3.8, 4) is 0 Å². The maximum Gasteiger partial charge on any atom is 0.118 e. The number of allylic oxidation sites excluding steroid dienone is 1. The van der Waals surface area contributed by atoms with Crippen molar-refractivity contribution in [2.24, 2.45) is 35.0 Å². The molecule has 1 N–H and O–H groups in total. The lowest BCUT2D eigenvalue weighted by Gasteiger charge is -2.56. The molecule has 0 bridgehead atoms. The highest BCUT2D eigenvalue weighted by Gasteiger charge is 2.55. The third-order valence-corrected chi connectivity index (χ3v) is 8.31. The fourth-order valence-corrected chi connectivity index (χ4v) is 6.99. The van der Waals surface area contributed by atoms with Gasteiger partial charge in [0.05, 0.1) is 5.60 Å². The number of aliphatic hydroxyl groups is 1. The van der Waals surface area contributed by atoms with Crippen molar-refractivity contribution >= 4 is 0 Å². The Labute approximate surface area is 134 Å². The van der Waals surface area contributed by atoms with E-state index in [0.29, 0.717) is 24.2 Å². The molecule has 0 spiro atoms. The van der Waals surface area contributed by atoms with E-state index in [2.05, 4.69) is 13.5 Å². The minimum atomic E-state index is -1.00. The van der Waals surface area contributed by atoms with Gasteiger partial charge in [0.25, 0.3) is 0 Å². The summed E-state index contributed by atoms with van der Waals surface area (Å²) in [6.07, 6.45) is 10.2. The van der Waals surface area contributed by atoms with Crippen LogP contribution in [0, 0.1) is 35.0 Å². The summed E-state index contributed by atoms with van der Waals surface area (Å²) in [5, 5.41) is 10.4. The van der Waals surface area contributed by atoms with Crippen LogP contribution in [-0.2, 0) is 0 Å². The molecule has 124 valence electrons. The highest BCUT2D eigenvalue weighted by molar-refractivity contribution is 5.20. The Kier molecular flexibility index (Phi) is 3.49. The first kappa shape index (κ1) is 15.2. The lowest BCUT2D eigenvalue weighted by atomic mass is 9.49. The van der Waals surface area contributed by atoms with Gasteiger partial charge < -0.3 is 5.11 Å². The van der Waals surface area contributed by atoms with Gasteiger partial charge in [-0.3, -0.25) is 0 Å². The number of rotatable bonds is 1. The largest absolute Gasteiger partial charge is 0.387 e. The molecule has 0 aromatic heterocycles. The van der Waals surface area contributed by atoms with Crippen molar-refractivity contribution in [2.75, 3.05) is 6.67 Å². The van der Waals surface area contributed by atoms with Crippen LogP contribution in [-0.4, -0.2) is 17.4 Å². The maximum atomic E-state index is 13.2. The predicted molar refractivity (Wildman–Crippen MR) is 87.2 cm³/mol. The standard InChI is InChI=1S/C20H31FO/c1-13-3-6-18-17-5-4-14-11-20(22,12-21)10-8-15(14)16(17)7-9-19(13,18)2/h14-18,22H,1,3-12H2,2H3/t14-,15-,16+,17+,18-,19+,20+/m0/s1. The van der Waals surface area contributed by atoms with Crippen LogP contribution in [0.2, 0.25) is 0 Å². The molecule has 0 radical (unpaired) electrons. The van der Waals surface area contributed by atoms with Crippen LogP contribution in [0.15, 0.2) is 12.2 Å². The van der Waals surface area contributed by atoms with Crippen molar-refractivity contribution in [1.82, 2.24) is 0 Å². The van der Waals surface area contributed by atoms with Gasteiger partial charge in [-0.2, -0.15) is 0 Å². The lowest BCUT2D eigenvalue weighted by molar-refractivity contribution is -0.104. The summed E-state index contributed by atoms with van der Waals surface area (Å²) in [5.74, 6) is 3.89. The van der Waals surface area contributed by atoms with Crippen molar-refractivity contribution in [1.29, 1.82) is 0 Å². The van der Waals surface area contributed by atoms with E-state index >= 15 is 0 Å². The minimum Gasteiger partial charge on any atom is -0.387 e. The molecule has 22 heavy (non-hydrogen) atoms. The Bertz CT molecular complexity index is 474. The highest BCUT2D eigenvalue weighted by atomic mass is 19.1. The van der Waals surface area contributed by atoms with Crippen molar-refractivity contribution in [3.63, 3.8) is 0 Å². The average molecular weight is 306 g/mol. The third kappa shape index (κ3) is 2.05.